The molecule has 2 atom stereocenters. The van der Waals surface area contributed by atoms with Gasteiger partial charge < -0.3 is 10.1 Å². The first-order valence-corrected chi connectivity index (χ1v) is 6.39. The van der Waals surface area contributed by atoms with Gasteiger partial charge in [0.05, 0.1) is 12.1 Å². The van der Waals surface area contributed by atoms with Crippen LogP contribution in [0.5, 0.6) is 0 Å². The van der Waals surface area contributed by atoms with E-state index in [-0.39, 0.29) is 11.9 Å². The number of hydrogen-bond donors (Lipinski definition) is 2. The van der Waals surface area contributed by atoms with Crippen molar-refractivity contribution in [1.82, 2.24) is 15.5 Å². The Morgan fingerprint density at radius 3 is 2.78 bits per heavy atom. The summed E-state index contributed by atoms with van der Waals surface area (Å²) in [5.41, 5.74) is 0. The molecule has 6 nitrogen and oxygen atoms in total. The van der Waals surface area contributed by atoms with Crippen molar-refractivity contribution in [3.8, 4) is 0 Å². The summed E-state index contributed by atoms with van der Waals surface area (Å²) in [4.78, 5) is 35.9. The molecular weight excluding hydrogens is 234 g/mol. The van der Waals surface area contributed by atoms with Gasteiger partial charge in [-0.15, -0.1) is 0 Å². The van der Waals surface area contributed by atoms with Crippen molar-refractivity contribution in [3.63, 3.8) is 0 Å². The maximum Gasteiger partial charge on any atom is 0.321 e. The number of piperidine rings is 1. The van der Waals surface area contributed by atoms with Crippen molar-refractivity contribution in [2.75, 3.05) is 13.1 Å². The van der Waals surface area contributed by atoms with Crippen LogP contribution < -0.4 is 10.6 Å². The van der Waals surface area contributed by atoms with Crippen LogP contribution in [0, 0.1) is 0 Å². The third-order valence-electron chi connectivity index (χ3n) is 3.20. The molecule has 2 N–H and O–H groups in total. The van der Waals surface area contributed by atoms with Crippen LogP contribution in [0.1, 0.15) is 33.1 Å². The number of nitrogens with one attached hydrogen (secondary N) is 2. The van der Waals surface area contributed by atoms with E-state index in [1.165, 1.54) is 0 Å². The van der Waals surface area contributed by atoms with E-state index in [2.05, 4.69) is 10.6 Å². The molecule has 1 saturated heterocycles. The fraction of sp³-hybridized carbons (Fsp3) is 0.750. The van der Waals surface area contributed by atoms with Crippen LogP contribution in [-0.4, -0.2) is 48.3 Å². The van der Waals surface area contributed by atoms with Crippen LogP contribution in [0.25, 0.3) is 0 Å². The molecule has 6 heteroatoms. The number of carbonyl (C=O) groups is 3. The molecule has 0 saturated carbocycles. The highest BCUT2D eigenvalue weighted by Gasteiger charge is 2.30. The van der Waals surface area contributed by atoms with Crippen LogP contribution >= 0.6 is 0 Å². The molecule has 0 spiro atoms. The van der Waals surface area contributed by atoms with Gasteiger partial charge in [-0.3, -0.25) is 15.0 Å². The molecule has 1 aliphatic rings. The third kappa shape index (κ3) is 3.80. The lowest BCUT2D eigenvalue weighted by Crippen LogP contribution is -2.54. The van der Waals surface area contributed by atoms with E-state index in [1.807, 2.05) is 4.90 Å². The zero-order chi connectivity index (χ0) is 13.5. The lowest BCUT2D eigenvalue weighted by atomic mass is 10.0. The summed E-state index contributed by atoms with van der Waals surface area (Å²) >= 11 is 0. The van der Waals surface area contributed by atoms with Gasteiger partial charge in [0.25, 0.3) is 0 Å². The molecule has 2 unspecified atom stereocenters. The first-order chi connectivity index (χ1) is 8.60. The van der Waals surface area contributed by atoms with Gasteiger partial charge in [-0.25, -0.2) is 4.79 Å². The first kappa shape index (κ1) is 14.6. The minimum absolute atomic E-state index is 0.214. The van der Waals surface area contributed by atoms with E-state index in [1.54, 1.807) is 13.8 Å². The normalized spacial score (nSPS) is 22.0. The van der Waals surface area contributed by atoms with E-state index < -0.39 is 12.1 Å². The van der Waals surface area contributed by atoms with Crippen LogP contribution in [0.15, 0.2) is 0 Å². The Balaban J connectivity index is 2.55. The highest BCUT2D eigenvalue weighted by Crippen LogP contribution is 2.18. The largest absolute Gasteiger partial charge is 0.338 e. The monoisotopic (exact) mass is 255 g/mol. The Hall–Kier alpha value is -1.43. The molecule has 0 bridgehead atoms. The Kier molecular flexibility index (Phi) is 5.77. The first-order valence-electron chi connectivity index (χ1n) is 6.39. The van der Waals surface area contributed by atoms with E-state index in [9.17, 15) is 14.4 Å². The number of rotatable bonds is 4. The summed E-state index contributed by atoms with van der Waals surface area (Å²) in [5.74, 6) is -0.366. The minimum atomic E-state index is -0.492. The molecular formula is C12H21N3O3. The van der Waals surface area contributed by atoms with Gasteiger partial charge in [0.15, 0.2) is 0 Å². The molecule has 0 radical (unpaired) electrons. The number of carbonyl (C=O) groups excluding carboxylic acids is 3. The molecule has 0 aromatic heterocycles. The van der Waals surface area contributed by atoms with Gasteiger partial charge in [0, 0.05) is 6.54 Å². The zero-order valence-electron chi connectivity index (χ0n) is 10.9. The smallest absolute Gasteiger partial charge is 0.321 e. The van der Waals surface area contributed by atoms with Crippen molar-refractivity contribution < 1.29 is 14.4 Å². The predicted molar refractivity (Wildman–Crippen MR) is 67.1 cm³/mol. The van der Waals surface area contributed by atoms with Crippen molar-refractivity contribution in [3.05, 3.63) is 0 Å². The second-order valence-electron chi connectivity index (χ2n) is 4.46. The highest BCUT2D eigenvalue weighted by molar-refractivity contribution is 5.96. The van der Waals surface area contributed by atoms with Crippen LogP contribution in [0.3, 0.4) is 0 Å². The van der Waals surface area contributed by atoms with Gasteiger partial charge in [-0.05, 0) is 33.2 Å². The molecule has 1 fully saturated rings. The van der Waals surface area contributed by atoms with E-state index in [4.69, 9.17) is 0 Å². The Labute approximate surface area is 107 Å². The number of nitrogens with zero attached hydrogens (tertiary/aromatic N) is 1. The summed E-state index contributed by atoms with van der Waals surface area (Å²) in [6, 6.07) is -1.18. The second-order valence-corrected chi connectivity index (χ2v) is 4.46. The van der Waals surface area contributed by atoms with Crippen molar-refractivity contribution >= 4 is 18.2 Å². The maximum atomic E-state index is 11.9. The number of likely N-dealkylation sites (tertiary alicyclic amines) is 1. The van der Waals surface area contributed by atoms with Crippen molar-refractivity contribution in [2.45, 2.75) is 45.2 Å². The van der Waals surface area contributed by atoms with Crippen molar-refractivity contribution in [2.24, 2.45) is 0 Å². The average molecular weight is 255 g/mol. The van der Waals surface area contributed by atoms with Gasteiger partial charge >= 0.3 is 6.03 Å². The average Bonchev–Trinajstić information content (AvgIpc) is 2.38. The van der Waals surface area contributed by atoms with Crippen LogP contribution in [0.4, 0.5) is 4.79 Å². The lowest BCUT2D eigenvalue weighted by molar-refractivity contribution is -0.127. The van der Waals surface area contributed by atoms with Crippen LogP contribution in [0.2, 0.25) is 0 Å². The number of amides is 3. The summed E-state index contributed by atoms with van der Waals surface area (Å²) in [5, 5.41) is 4.78. The molecule has 1 aliphatic heterocycles. The number of hydrogen-bond acceptors (Lipinski definition) is 4. The summed E-state index contributed by atoms with van der Waals surface area (Å²) < 4.78 is 0. The molecule has 0 aromatic carbocycles. The third-order valence-corrected chi connectivity index (χ3v) is 3.20. The number of aldehydes is 1. The summed E-state index contributed by atoms with van der Waals surface area (Å²) in [7, 11) is 0. The van der Waals surface area contributed by atoms with E-state index in [0.29, 0.717) is 13.1 Å². The molecule has 1 heterocycles. The van der Waals surface area contributed by atoms with Gasteiger partial charge in [-0.2, -0.15) is 0 Å². The Bertz CT molecular complexity index is 320. The quantitative estimate of drug-likeness (QED) is 0.707. The Morgan fingerprint density at radius 1 is 1.44 bits per heavy atom. The SMILES string of the molecule is CCNC(=O)NC(=O)C(C)N1CCCCC1C=O. The molecule has 102 valence electrons. The molecule has 18 heavy (non-hydrogen) atoms. The summed E-state index contributed by atoms with van der Waals surface area (Å²) in [6.07, 6.45) is 3.64. The lowest BCUT2D eigenvalue weighted by Gasteiger charge is -2.35. The molecule has 3 amide bonds. The highest BCUT2D eigenvalue weighted by atomic mass is 16.2. The summed E-state index contributed by atoms with van der Waals surface area (Å²) in [6.45, 7) is 4.68. The van der Waals surface area contributed by atoms with Crippen LogP contribution in [-0.2, 0) is 9.59 Å². The van der Waals surface area contributed by atoms with Crippen molar-refractivity contribution in [1.29, 1.82) is 0 Å². The number of imide groups is 1. The molecule has 1 rings (SSSR count). The van der Waals surface area contributed by atoms with Gasteiger partial charge in [0.2, 0.25) is 5.91 Å². The van der Waals surface area contributed by atoms with E-state index >= 15 is 0 Å². The standard InChI is InChI=1S/C12H21N3O3/c1-3-13-12(18)14-11(17)9(2)15-7-5-4-6-10(15)8-16/h8-10H,3-7H2,1-2H3,(H2,13,14,17,18). The number of urea groups is 1. The predicted octanol–water partition coefficient (Wildman–Crippen LogP) is 0.274. The fourth-order valence-electron chi connectivity index (χ4n) is 2.18. The molecule has 0 aliphatic carbocycles. The van der Waals surface area contributed by atoms with Gasteiger partial charge in [0.1, 0.15) is 6.29 Å². The topological polar surface area (TPSA) is 78.5 Å². The minimum Gasteiger partial charge on any atom is -0.338 e. The van der Waals surface area contributed by atoms with E-state index in [0.717, 1.165) is 25.5 Å². The zero-order valence-corrected chi connectivity index (χ0v) is 10.9. The van der Waals surface area contributed by atoms with Gasteiger partial charge in [-0.1, -0.05) is 6.42 Å². The Morgan fingerprint density at radius 2 is 2.17 bits per heavy atom. The fourth-order valence-corrected chi connectivity index (χ4v) is 2.18. The molecule has 0 aromatic rings. The maximum absolute atomic E-state index is 11.9. The second kappa shape index (κ2) is 7.10.